The Balaban J connectivity index is 2.41. The van der Waals surface area contributed by atoms with Crippen molar-refractivity contribution in [3.05, 3.63) is 29.3 Å². The van der Waals surface area contributed by atoms with Crippen LogP contribution >= 0.6 is 0 Å². The topological polar surface area (TPSA) is 64.7 Å². The van der Waals surface area contributed by atoms with Gasteiger partial charge in [-0.25, -0.2) is 0 Å². The predicted molar refractivity (Wildman–Crippen MR) is 60.5 cm³/mol. The van der Waals surface area contributed by atoms with Crippen molar-refractivity contribution >= 4 is 0 Å². The highest BCUT2D eigenvalue weighted by Gasteiger charge is 2.28. The highest BCUT2D eigenvalue weighted by Crippen LogP contribution is 2.34. The number of hydrogen-bond donors (Lipinski definition) is 2. The summed E-state index contributed by atoms with van der Waals surface area (Å²) in [4.78, 5) is 0. The minimum atomic E-state index is -0.183. The number of ether oxygens (including phenoxy) is 2. The van der Waals surface area contributed by atoms with Gasteiger partial charge in [0.2, 0.25) is 0 Å². The maximum atomic E-state index is 9.19. The van der Waals surface area contributed by atoms with E-state index in [1.807, 2.05) is 18.2 Å². The second-order valence-corrected chi connectivity index (χ2v) is 3.90. The van der Waals surface area contributed by atoms with E-state index < -0.39 is 0 Å². The Morgan fingerprint density at radius 1 is 1.56 bits per heavy atom. The Hall–Kier alpha value is -1.10. The molecule has 1 heterocycles. The van der Waals surface area contributed by atoms with Gasteiger partial charge in [-0.2, -0.15) is 0 Å². The SMILES string of the molecule is COc1cccc2c1CC(CO)OC2CN. The van der Waals surface area contributed by atoms with Crippen LogP contribution in [0.4, 0.5) is 0 Å². The van der Waals surface area contributed by atoms with Gasteiger partial charge in [-0.1, -0.05) is 12.1 Å². The summed E-state index contributed by atoms with van der Waals surface area (Å²) >= 11 is 0. The summed E-state index contributed by atoms with van der Waals surface area (Å²) in [5, 5.41) is 9.19. The second-order valence-electron chi connectivity index (χ2n) is 3.90. The Labute approximate surface area is 95.0 Å². The largest absolute Gasteiger partial charge is 0.496 e. The van der Waals surface area contributed by atoms with E-state index in [1.54, 1.807) is 7.11 Å². The summed E-state index contributed by atoms with van der Waals surface area (Å²) < 4.78 is 11.0. The van der Waals surface area contributed by atoms with Gasteiger partial charge in [0.15, 0.2) is 0 Å². The Bertz CT molecular complexity index is 367. The molecule has 0 radical (unpaired) electrons. The van der Waals surface area contributed by atoms with E-state index >= 15 is 0 Å². The fourth-order valence-corrected chi connectivity index (χ4v) is 2.17. The van der Waals surface area contributed by atoms with Gasteiger partial charge in [0, 0.05) is 18.5 Å². The molecule has 4 nitrogen and oxygen atoms in total. The lowest BCUT2D eigenvalue weighted by molar-refractivity contribution is -0.0471. The third-order valence-corrected chi connectivity index (χ3v) is 2.94. The molecule has 0 saturated carbocycles. The van der Waals surface area contributed by atoms with E-state index in [4.69, 9.17) is 15.2 Å². The zero-order valence-electron chi connectivity index (χ0n) is 9.35. The van der Waals surface area contributed by atoms with Crippen LogP contribution in [-0.4, -0.2) is 31.5 Å². The van der Waals surface area contributed by atoms with Crippen LogP contribution in [0, 0.1) is 0 Å². The lowest BCUT2D eigenvalue weighted by atomic mass is 9.93. The minimum Gasteiger partial charge on any atom is -0.496 e. The van der Waals surface area contributed by atoms with Crippen molar-refractivity contribution in [3.63, 3.8) is 0 Å². The fourth-order valence-electron chi connectivity index (χ4n) is 2.17. The molecule has 88 valence electrons. The summed E-state index contributed by atoms with van der Waals surface area (Å²) in [6.07, 6.45) is 0.347. The molecular formula is C12H17NO3. The first-order chi connectivity index (χ1) is 7.80. The average Bonchev–Trinajstić information content (AvgIpc) is 2.36. The fraction of sp³-hybridized carbons (Fsp3) is 0.500. The monoisotopic (exact) mass is 223 g/mol. The van der Waals surface area contributed by atoms with E-state index in [9.17, 15) is 5.11 Å². The first-order valence-corrected chi connectivity index (χ1v) is 5.42. The Kier molecular flexibility index (Phi) is 3.43. The van der Waals surface area contributed by atoms with E-state index in [0.717, 1.165) is 16.9 Å². The molecule has 0 amide bonds. The van der Waals surface area contributed by atoms with Crippen LogP contribution in [0.3, 0.4) is 0 Å². The van der Waals surface area contributed by atoms with Crippen LogP contribution in [0.25, 0.3) is 0 Å². The van der Waals surface area contributed by atoms with Crippen molar-refractivity contribution in [1.82, 2.24) is 0 Å². The van der Waals surface area contributed by atoms with Crippen LogP contribution in [0.2, 0.25) is 0 Å². The van der Waals surface area contributed by atoms with E-state index in [0.29, 0.717) is 13.0 Å². The molecule has 3 N–H and O–H groups in total. The van der Waals surface area contributed by atoms with Crippen LogP contribution in [0.15, 0.2) is 18.2 Å². The molecule has 16 heavy (non-hydrogen) atoms. The molecule has 1 aromatic rings. The molecule has 0 spiro atoms. The van der Waals surface area contributed by atoms with Crippen molar-refractivity contribution in [2.24, 2.45) is 5.73 Å². The smallest absolute Gasteiger partial charge is 0.122 e. The summed E-state index contributed by atoms with van der Waals surface area (Å²) in [5.41, 5.74) is 7.86. The highest BCUT2D eigenvalue weighted by atomic mass is 16.5. The predicted octanol–water partition coefficient (Wildman–Crippen LogP) is 0.629. The van der Waals surface area contributed by atoms with Gasteiger partial charge >= 0.3 is 0 Å². The quantitative estimate of drug-likeness (QED) is 0.788. The van der Waals surface area contributed by atoms with Crippen molar-refractivity contribution in [1.29, 1.82) is 0 Å². The summed E-state index contributed by atoms with van der Waals surface area (Å²) in [7, 11) is 1.65. The molecular weight excluding hydrogens is 206 g/mol. The highest BCUT2D eigenvalue weighted by molar-refractivity contribution is 5.43. The second kappa shape index (κ2) is 4.82. The van der Waals surface area contributed by atoms with Gasteiger partial charge in [-0.15, -0.1) is 0 Å². The van der Waals surface area contributed by atoms with Crippen molar-refractivity contribution in [3.8, 4) is 5.75 Å². The zero-order valence-corrected chi connectivity index (χ0v) is 9.35. The van der Waals surface area contributed by atoms with E-state index in [1.165, 1.54) is 0 Å². The zero-order chi connectivity index (χ0) is 11.5. The molecule has 1 aromatic carbocycles. The summed E-state index contributed by atoms with van der Waals surface area (Å²) in [5.74, 6) is 0.845. The first-order valence-electron chi connectivity index (χ1n) is 5.42. The number of benzene rings is 1. The molecule has 0 aliphatic carbocycles. The maximum absolute atomic E-state index is 9.19. The van der Waals surface area contributed by atoms with Gasteiger partial charge in [-0.3, -0.25) is 0 Å². The number of fused-ring (bicyclic) bond motifs is 1. The number of aliphatic hydroxyl groups excluding tert-OH is 1. The molecule has 2 atom stereocenters. The molecule has 2 unspecified atom stereocenters. The van der Waals surface area contributed by atoms with Gasteiger partial charge in [-0.05, 0) is 11.6 Å². The van der Waals surface area contributed by atoms with Crippen molar-refractivity contribution < 1.29 is 14.6 Å². The van der Waals surface area contributed by atoms with Gasteiger partial charge in [0.05, 0.1) is 25.9 Å². The molecule has 2 rings (SSSR count). The van der Waals surface area contributed by atoms with E-state index in [2.05, 4.69) is 0 Å². The molecule has 0 saturated heterocycles. The minimum absolute atomic E-state index is 0.00793. The number of hydrogen-bond acceptors (Lipinski definition) is 4. The number of aliphatic hydroxyl groups is 1. The number of nitrogens with two attached hydrogens (primary N) is 1. The lowest BCUT2D eigenvalue weighted by Gasteiger charge is -2.31. The van der Waals surface area contributed by atoms with Gasteiger partial charge < -0.3 is 20.3 Å². The molecule has 0 fully saturated rings. The van der Waals surface area contributed by atoms with Crippen LogP contribution in [-0.2, 0) is 11.2 Å². The molecule has 1 aliphatic heterocycles. The van der Waals surface area contributed by atoms with Gasteiger partial charge in [0.1, 0.15) is 5.75 Å². The normalized spacial score (nSPS) is 23.9. The third-order valence-electron chi connectivity index (χ3n) is 2.94. The maximum Gasteiger partial charge on any atom is 0.122 e. The van der Waals surface area contributed by atoms with E-state index in [-0.39, 0.29) is 18.8 Å². The molecule has 4 heteroatoms. The van der Waals surface area contributed by atoms with Crippen LogP contribution in [0.1, 0.15) is 17.2 Å². The standard InChI is InChI=1S/C12H17NO3/c1-15-11-4-2-3-9-10(11)5-8(7-14)16-12(9)6-13/h2-4,8,12,14H,5-7,13H2,1H3. The van der Waals surface area contributed by atoms with Gasteiger partial charge in [0.25, 0.3) is 0 Å². The number of rotatable bonds is 3. The van der Waals surface area contributed by atoms with Crippen molar-refractivity contribution in [2.75, 3.05) is 20.3 Å². The first kappa shape index (κ1) is 11.4. The third kappa shape index (κ3) is 1.91. The molecule has 0 aromatic heterocycles. The Morgan fingerprint density at radius 2 is 2.38 bits per heavy atom. The van der Waals surface area contributed by atoms with Crippen molar-refractivity contribution in [2.45, 2.75) is 18.6 Å². The number of methoxy groups -OCH3 is 1. The van der Waals surface area contributed by atoms with Crippen LogP contribution < -0.4 is 10.5 Å². The van der Waals surface area contributed by atoms with Crippen LogP contribution in [0.5, 0.6) is 5.75 Å². The Morgan fingerprint density at radius 3 is 3.00 bits per heavy atom. The average molecular weight is 223 g/mol. The summed E-state index contributed by atoms with van der Waals surface area (Å²) in [6.45, 7) is 0.421. The molecule has 1 aliphatic rings. The lowest BCUT2D eigenvalue weighted by Crippen LogP contribution is -2.32. The summed E-state index contributed by atoms with van der Waals surface area (Å²) in [6, 6.07) is 5.86. The molecule has 0 bridgehead atoms.